The van der Waals surface area contributed by atoms with Crippen LogP contribution in [0.1, 0.15) is 11.1 Å². The third-order valence-electron chi connectivity index (χ3n) is 4.08. The number of benzene rings is 1. The van der Waals surface area contributed by atoms with Crippen molar-refractivity contribution in [3.63, 3.8) is 0 Å². The van der Waals surface area contributed by atoms with Gasteiger partial charge in [0.05, 0.1) is 6.54 Å². The number of nitrogens with zero attached hydrogens (tertiary/aromatic N) is 2. The Kier molecular flexibility index (Phi) is 6.70. The highest BCUT2D eigenvalue weighted by molar-refractivity contribution is 5.86. The van der Waals surface area contributed by atoms with Crippen LogP contribution in [0.3, 0.4) is 0 Å². The van der Waals surface area contributed by atoms with Crippen LogP contribution >= 0.6 is 0 Å². The van der Waals surface area contributed by atoms with Crippen LogP contribution in [0.25, 0.3) is 10.9 Å². The normalized spacial score (nSPS) is 12.3. The van der Waals surface area contributed by atoms with Gasteiger partial charge in [-0.2, -0.15) is 13.2 Å². The van der Waals surface area contributed by atoms with E-state index in [1.807, 2.05) is 13.1 Å². The molecule has 1 aromatic heterocycles. The van der Waals surface area contributed by atoms with Crippen LogP contribution in [0.4, 0.5) is 13.2 Å². The highest BCUT2D eigenvalue weighted by Gasteiger charge is 2.31. The number of amides is 1. The number of halogens is 3. The smallest absolute Gasteiger partial charge is 0.361 e. The summed E-state index contributed by atoms with van der Waals surface area (Å²) >= 11 is 0. The Bertz CT molecular complexity index is 813. The first kappa shape index (κ1) is 20.6. The van der Waals surface area contributed by atoms with E-state index in [9.17, 15) is 18.0 Å². The zero-order chi connectivity index (χ0) is 20.0. The summed E-state index contributed by atoms with van der Waals surface area (Å²) in [6.07, 6.45) is -1.73. The topological polar surface area (TPSA) is 72.5 Å². The second kappa shape index (κ2) is 8.79. The number of alkyl halides is 3. The molecule has 0 unspecified atom stereocenters. The van der Waals surface area contributed by atoms with Gasteiger partial charge < -0.3 is 20.5 Å². The molecular weight excluding hydrogens is 359 g/mol. The number of likely N-dealkylation sites (N-methyl/N-ethyl adjacent to an activating group) is 1. The van der Waals surface area contributed by atoms with Gasteiger partial charge in [0.1, 0.15) is 6.54 Å². The van der Waals surface area contributed by atoms with Crippen LogP contribution in [0.2, 0.25) is 0 Å². The molecule has 0 spiro atoms. The van der Waals surface area contributed by atoms with Crippen molar-refractivity contribution in [1.82, 2.24) is 20.5 Å². The van der Waals surface area contributed by atoms with Crippen molar-refractivity contribution in [2.24, 2.45) is 4.99 Å². The molecule has 1 heterocycles. The van der Waals surface area contributed by atoms with Gasteiger partial charge in [-0.1, -0.05) is 12.1 Å². The van der Waals surface area contributed by atoms with Crippen LogP contribution in [0.5, 0.6) is 0 Å². The summed E-state index contributed by atoms with van der Waals surface area (Å²) in [6, 6.07) is 6.20. The van der Waals surface area contributed by atoms with E-state index in [1.165, 1.54) is 12.6 Å². The Labute approximate surface area is 155 Å². The van der Waals surface area contributed by atoms with Crippen molar-refractivity contribution >= 4 is 22.8 Å². The van der Waals surface area contributed by atoms with Gasteiger partial charge in [-0.25, -0.2) is 0 Å². The molecule has 1 amide bonds. The minimum absolute atomic E-state index is 0.265. The predicted octanol–water partition coefficient (Wildman–Crippen LogP) is 2.20. The van der Waals surface area contributed by atoms with Gasteiger partial charge >= 0.3 is 6.18 Å². The van der Waals surface area contributed by atoms with E-state index >= 15 is 0 Å². The summed E-state index contributed by atoms with van der Waals surface area (Å²) in [5.41, 5.74) is 3.40. The Morgan fingerprint density at radius 3 is 2.70 bits per heavy atom. The Morgan fingerprint density at radius 1 is 1.30 bits per heavy atom. The lowest BCUT2D eigenvalue weighted by atomic mass is 10.1. The molecule has 0 saturated heterocycles. The number of aryl methyl sites for hydroxylation is 1. The molecule has 0 atom stereocenters. The molecular formula is C18H24F3N5O. The van der Waals surface area contributed by atoms with Crippen molar-refractivity contribution in [3.8, 4) is 0 Å². The first-order valence-electron chi connectivity index (χ1n) is 8.51. The van der Waals surface area contributed by atoms with Crippen molar-refractivity contribution < 1.29 is 18.0 Å². The number of aromatic nitrogens is 1. The highest BCUT2D eigenvalue weighted by Crippen LogP contribution is 2.19. The van der Waals surface area contributed by atoms with E-state index in [-0.39, 0.29) is 6.54 Å². The van der Waals surface area contributed by atoms with Gasteiger partial charge in [-0.15, -0.1) is 0 Å². The highest BCUT2D eigenvalue weighted by atomic mass is 19.4. The lowest BCUT2D eigenvalue weighted by Crippen LogP contribution is -2.45. The molecule has 0 aliphatic heterocycles. The van der Waals surface area contributed by atoms with E-state index in [1.54, 1.807) is 0 Å². The SMILES string of the molecule is CN=C(NCCc1c[nH]c2cc(C)ccc12)NCC(=O)N(C)CC(F)(F)F. The van der Waals surface area contributed by atoms with Crippen molar-refractivity contribution in [1.29, 1.82) is 0 Å². The molecule has 0 bridgehead atoms. The number of aliphatic imine (C=N–C) groups is 1. The standard InChI is InChI=1S/C18H24F3N5O/c1-12-4-5-14-13(9-24-15(14)8-12)6-7-23-17(22-2)25-10-16(27)26(3)11-18(19,20)21/h4-5,8-9,24H,6-7,10-11H2,1-3H3,(H2,22,23,25). The van der Waals surface area contributed by atoms with Crippen molar-refractivity contribution in [2.75, 3.05) is 33.7 Å². The summed E-state index contributed by atoms with van der Waals surface area (Å²) in [4.78, 5) is 19.6. The fourth-order valence-corrected chi connectivity index (χ4v) is 2.69. The summed E-state index contributed by atoms with van der Waals surface area (Å²) < 4.78 is 36.9. The van der Waals surface area contributed by atoms with Gasteiger partial charge in [0.2, 0.25) is 5.91 Å². The molecule has 0 saturated carbocycles. The molecule has 9 heteroatoms. The molecule has 0 aliphatic carbocycles. The average Bonchev–Trinajstić information content (AvgIpc) is 2.98. The Morgan fingerprint density at radius 2 is 2.04 bits per heavy atom. The number of aromatic amines is 1. The molecule has 1 aromatic carbocycles. The molecule has 2 aromatic rings. The maximum Gasteiger partial charge on any atom is 0.406 e. The number of hydrogen-bond donors (Lipinski definition) is 3. The van der Waals surface area contributed by atoms with Crippen LogP contribution in [-0.2, 0) is 11.2 Å². The van der Waals surface area contributed by atoms with E-state index in [4.69, 9.17) is 0 Å². The minimum atomic E-state index is -4.41. The van der Waals surface area contributed by atoms with Crippen molar-refractivity contribution in [3.05, 3.63) is 35.5 Å². The van der Waals surface area contributed by atoms with E-state index in [0.29, 0.717) is 17.4 Å². The second-order valence-corrected chi connectivity index (χ2v) is 6.33. The Hall–Kier alpha value is -2.71. The fraction of sp³-hybridized carbons (Fsp3) is 0.444. The molecule has 27 heavy (non-hydrogen) atoms. The van der Waals surface area contributed by atoms with Gasteiger partial charge in [-0.05, 0) is 30.5 Å². The number of nitrogens with one attached hydrogen (secondary N) is 3. The number of carbonyl (C=O) groups is 1. The number of guanidine groups is 1. The molecule has 6 nitrogen and oxygen atoms in total. The van der Waals surface area contributed by atoms with Gasteiger partial charge in [0, 0.05) is 37.7 Å². The van der Waals surface area contributed by atoms with Gasteiger partial charge in [0.15, 0.2) is 5.96 Å². The second-order valence-electron chi connectivity index (χ2n) is 6.33. The Balaban J connectivity index is 1.81. The lowest BCUT2D eigenvalue weighted by molar-refractivity contribution is -0.157. The number of carbonyl (C=O) groups excluding carboxylic acids is 1. The largest absolute Gasteiger partial charge is 0.406 e. The monoisotopic (exact) mass is 383 g/mol. The summed E-state index contributed by atoms with van der Waals surface area (Å²) in [5.74, 6) is -0.304. The summed E-state index contributed by atoms with van der Waals surface area (Å²) in [7, 11) is 2.65. The molecule has 148 valence electrons. The van der Waals surface area contributed by atoms with Gasteiger partial charge in [0.25, 0.3) is 0 Å². The van der Waals surface area contributed by atoms with Crippen LogP contribution in [-0.4, -0.2) is 61.7 Å². The fourth-order valence-electron chi connectivity index (χ4n) is 2.69. The third-order valence-corrected chi connectivity index (χ3v) is 4.08. The maximum atomic E-state index is 12.3. The quantitative estimate of drug-likeness (QED) is 0.529. The molecule has 0 radical (unpaired) electrons. The average molecular weight is 383 g/mol. The first-order valence-corrected chi connectivity index (χ1v) is 8.51. The van der Waals surface area contributed by atoms with E-state index in [0.717, 1.165) is 29.9 Å². The molecule has 3 N–H and O–H groups in total. The zero-order valence-electron chi connectivity index (χ0n) is 15.6. The third kappa shape index (κ3) is 6.19. The number of fused-ring (bicyclic) bond motifs is 1. The maximum absolute atomic E-state index is 12.3. The molecule has 0 aliphatic rings. The first-order chi connectivity index (χ1) is 12.7. The van der Waals surface area contributed by atoms with Gasteiger partial charge in [-0.3, -0.25) is 9.79 Å². The number of rotatable bonds is 6. The summed E-state index contributed by atoms with van der Waals surface area (Å²) in [6.45, 7) is 1.05. The number of hydrogen-bond acceptors (Lipinski definition) is 2. The predicted molar refractivity (Wildman–Crippen MR) is 99.8 cm³/mol. The van der Waals surface area contributed by atoms with Crippen LogP contribution < -0.4 is 10.6 Å². The van der Waals surface area contributed by atoms with Crippen molar-refractivity contribution in [2.45, 2.75) is 19.5 Å². The molecule has 0 fully saturated rings. The van der Waals surface area contributed by atoms with E-state index in [2.05, 4.69) is 38.8 Å². The minimum Gasteiger partial charge on any atom is -0.361 e. The van der Waals surface area contributed by atoms with Crippen LogP contribution in [0, 0.1) is 6.92 Å². The summed E-state index contributed by atoms with van der Waals surface area (Å²) in [5, 5.41) is 6.94. The molecule has 2 rings (SSSR count). The lowest BCUT2D eigenvalue weighted by Gasteiger charge is -2.20. The zero-order valence-corrected chi connectivity index (χ0v) is 15.6. The number of H-pyrrole nitrogens is 1. The van der Waals surface area contributed by atoms with Crippen LogP contribution in [0.15, 0.2) is 29.4 Å². The van der Waals surface area contributed by atoms with E-state index < -0.39 is 18.6 Å².